The first kappa shape index (κ1) is 20.9. The van der Waals surface area contributed by atoms with E-state index in [9.17, 15) is 14.7 Å². The number of aryl methyl sites for hydroxylation is 2. The fourth-order valence-electron chi connectivity index (χ4n) is 2.83. The van der Waals surface area contributed by atoms with E-state index in [0.717, 1.165) is 27.9 Å². The maximum absolute atomic E-state index is 12.3. The summed E-state index contributed by atoms with van der Waals surface area (Å²) in [6.07, 6.45) is 3.67. The molecule has 0 bridgehead atoms. The summed E-state index contributed by atoms with van der Waals surface area (Å²) in [5.74, 6) is 0.607. The number of rotatable bonds is 8. The SMILES string of the molecule is COc1cc2oc(C)c(C)c2cc1/C(C)=C/C(=O)NC(CCSC)C(=O)O. The van der Waals surface area contributed by atoms with Gasteiger partial charge in [0.2, 0.25) is 5.91 Å². The zero-order valence-corrected chi connectivity index (χ0v) is 17.0. The van der Waals surface area contributed by atoms with Crippen LogP contribution in [0.4, 0.5) is 0 Å². The minimum atomic E-state index is -1.04. The number of hydrogen-bond donors (Lipinski definition) is 2. The normalized spacial score (nSPS) is 12.9. The topological polar surface area (TPSA) is 88.8 Å². The highest BCUT2D eigenvalue weighted by atomic mass is 32.2. The third kappa shape index (κ3) is 4.86. The number of carboxylic acid groups (broad SMARTS) is 1. The lowest BCUT2D eigenvalue weighted by atomic mass is 10.0. The summed E-state index contributed by atoms with van der Waals surface area (Å²) in [4.78, 5) is 23.6. The van der Waals surface area contributed by atoms with Crippen molar-refractivity contribution in [1.82, 2.24) is 5.32 Å². The Balaban J connectivity index is 2.31. The molecule has 0 aliphatic heterocycles. The quantitative estimate of drug-likeness (QED) is 0.666. The molecule has 7 heteroatoms. The van der Waals surface area contributed by atoms with Crippen LogP contribution in [0.3, 0.4) is 0 Å². The lowest BCUT2D eigenvalue weighted by molar-refractivity contribution is -0.141. The number of furan rings is 1. The van der Waals surface area contributed by atoms with E-state index < -0.39 is 17.9 Å². The largest absolute Gasteiger partial charge is 0.496 e. The van der Waals surface area contributed by atoms with Crippen LogP contribution in [-0.2, 0) is 9.59 Å². The monoisotopic (exact) mass is 391 g/mol. The predicted octanol–water partition coefficient (Wildman–Crippen LogP) is 3.78. The van der Waals surface area contributed by atoms with Gasteiger partial charge in [-0.15, -0.1) is 0 Å². The van der Waals surface area contributed by atoms with Gasteiger partial charge in [-0.05, 0) is 56.4 Å². The Morgan fingerprint density at radius 1 is 1.37 bits per heavy atom. The van der Waals surface area contributed by atoms with E-state index in [1.807, 2.05) is 26.2 Å². The van der Waals surface area contributed by atoms with Crippen LogP contribution in [0.2, 0.25) is 0 Å². The first-order valence-corrected chi connectivity index (χ1v) is 9.96. The first-order valence-electron chi connectivity index (χ1n) is 8.57. The van der Waals surface area contributed by atoms with Gasteiger partial charge >= 0.3 is 5.97 Å². The van der Waals surface area contributed by atoms with Gasteiger partial charge in [0.1, 0.15) is 23.1 Å². The predicted molar refractivity (Wildman–Crippen MR) is 108 cm³/mol. The molecule has 2 aromatic rings. The molecular weight excluding hydrogens is 366 g/mol. The van der Waals surface area contributed by atoms with Gasteiger partial charge in [0.05, 0.1) is 7.11 Å². The Morgan fingerprint density at radius 2 is 2.07 bits per heavy atom. The number of ether oxygens (including phenoxy) is 1. The lowest BCUT2D eigenvalue weighted by Gasteiger charge is -2.13. The highest BCUT2D eigenvalue weighted by Crippen LogP contribution is 2.34. The summed E-state index contributed by atoms with van der Waals surface area (Å²) >= 11 is 1.54. The Hall–Kier alpha value is -2.41. The molecule has 2 N–H and O–H groups in total. The number of carboxylic acids is 1. The standard InChI is InChI=1S/C20H25NO5S/c1-11(8-19(22)21-16(20(23)24)6-7-27-5)14-9-15-12(2)13(3)26-18(15)10-17(14)25-4/h8-10,16H,6-7H2,1-5H3,(H,21,22)(H,23,24)/b11-8+. The van der Waals surface area contributed by atoms with Crippen molar-refractivity contribution in [2.24, 2.45) is 0 Å². The van der Waals surface area contributed by atoms with Crippen molar-refractivity contribution in [2.75, 3.05) is 19.1 Å². The summed E-state index contributed by atoms with van der Waals surface area (Å²) in [5.41, 5.74) is 3.21. The van der Waals surface area contributed by atoms with Crippen molar-refractivity contribution >= 4 is 40.2 Å². The fraction of sp³-hybridized carbons (Fsp3) is 0.400. The van der Waals surface area contributed by atoms with Gasteiger partial charge in [0, 0.05) is 23.1 Å². The number of methoxy groups -OCH3 is 1. The Morgan fingerprint density at radius 3 is 2.67 bits per heavy atom. The van der Waals surface area contributed by atoms with Crippen LogP contribution in [0.5, 0.6) is 5.75 Å². The van der Waals surface area contributed by atoms with Gasteiger partial charge in [-0.25, -0.2) is 4.79 Å². The van der Waals surface area contributed by atoms with E-state index in [1.165, 1.54) is 17.8 Å². The molecule has 0 aliphatic carbocycles. The Bertz CT molecular complexity index is 884. The van der Waals surface area contributed by atoms with Crippen LogP contribution in [-0.4, -0.2) is 42.1 Å². The van der Waals surface area contributed by atoms with Gasteiger partial charge in [0.25, 0.3) is 0 Å². The molecule has 2 rings (SSSR count). The number of nitrogens with one attached hydrogen (secondary N) is 1. The van der Waals surface area contributed by atoms with E-state index >= 15 is 0 Å². The Kier molecular flexibility index (Phi) is 6.96. The average Bonchev–Trinajstić information content (AvgIpc) is 2.90. The lowest BCUT2D eigenvalue weighted by Crippen LogP contribution is -2.40. The maximum Gasteiger partial charge on any atom is 0.326 e. The second-order valence-electron chi connectivity index (χ2n) is 6.34. The van der Waals surface area contributed by atoms with Crippen molar-refractivity contribution in [2.45, 2.75) is 33.2 Å². The van der Waals surface area contributed by atoms with Gasteiger partial charge < -0.3 is 19.6 Å². The molecule has 6 nitrogen and oxygen atoms in total. The zero-order chi connectivity index (χ0) is 20.1. The number of aliphatic carboxylic acids is 1. The molecule has 0 saturated heterocycles. The fourth-order valence-corrected chi connectivity index (χ4v) is 3.30. The van der Waals surface area contributed by atoms with Crippen LogP contribution in [0.15, 0.2) is 22.6 Å². The summed E-state index contributed by atoms with van der Waals surface area (Å²) < 4.78 is 11.2. The number of carbonyl (C=O) groups excluding carboxylic acids is 1. The van der Waals surface area contributed by atoms with Crippen molar-refractivity contribution in [3.05, 3.63) is 35.1 Å². The molecule has 1 atom stereocenters. The second kappa shape index (κ2) is 8.99. The smallest absolute Gasteiger partial charge is 0.326 e. The minimum Gasteiger partial charge on any atom is -0.496 e. The molecule has 0 spiro atoms. The second-order valence-corrected chi connectivity index (χ2v) is 7.33. The van der Waals surface area contributed by atoms with Crippen LogP contribution in [0, 0.1) is 13.8 Å². The van der Waals surface area contributed by atoms with Gasteiger partial charge in [-0.2, -0.15) is 11.8 Å². The molecule has 0 radical (unpaired) electrons. The van der Waals surface area contributed by atoms with E-state index in [1.54, 1.807) is 20.1 Å². The van der Waals surface area contributed by atoms with Crippen molar-refractivity contribution in [1.29, 1.82) is 0 Å². The first-order chi connectivity index (χ1) is 12.8. The molecular formula is C20H25NO5S. The van der Waals surface area contributed by atoms with E-state index in [-0.39, 0.29) is 0 Å². The van der Waals surface area contributed by atoms with Crippen LogP contribution >= 0.6 is 11.8 Å². The third-order valence-corrected chi connectivity index (χ3v) is 5.14. The van der Waals surface area contributed by atoms with Crippen LogP contribution in [0.25, 0.3) is 16.5 Å². The molecule has 0 fully saturated rings. The van der Waals surface area contributed by atoms with Crippen LogP contribution in [0.1, 0.15) is 30.2 Å². The molecule has 0 aliphatic rings. The van der Waals surface area contributed by atoms with Gasteiger partial charge in [-0.1, -0.05) is 0 Å². The molecule has 1 amide bonds. The minimum absolute atomic E-state index is 0.373. The van der Waals surface area contributed by atoms with Crippen molar-refractivity contribution in [3.8, 4) is 5.75 Å². The van der Waals surface area contributed by atoms with E-state index in [4.69, 9.17) is 9.15 Å². The average molecular weight is 391 g/mol. The summed E-state index contributed by atoms with van der Waals surface area (Å²) in [6, 6.07) is 2.83. The molecule has 1 aromatic carbocycles. The number of fused-ring (bicyclic) bond motifs is 1. The van der Waals surface area contributed by atoms with Gasteiger partial charge in [-0.3, -0.25) is 4.79 Å². The van der Waals surface area contributed by atoms with Crippen molar-refractivity contribution in [3.63, 3.8) is 0 Å². The van der Waals surface area contributed by atoms with Crippen molar-refractivity contribution < 1.29 is 23.8 Å². The third-order valence-electron chi connectivity index (χ3n) is 4.49. The van der Waals surface area contributed by atoms with E-state index in [0.29, 0.717) is 23.5 Å². The summed E-state index contributed by atoms with van der Waals surface area (Å²) in [5, 5.41) is 12.8. The number of allylic oxidation sites excluding steroid dienone is 1. The summed E-state index contributed by atoms with van der Waals surface area (Å²) in [7, 11) is 1.56. The van der Waals surface area contributed by atoms with Crippen LogP contribution < -0.4 is 10.1 Å². The molecule has 146 valence electrons. The number of amides is 1. The van der Waals surface area contributed by atoms with E-state index in [2.05, 4.69) is 5.32 Å². The molecule has 1 heterocycles. The maximum atomic E-state index is 12.3. The highest BCUT2D eigenvalue weighted by Gasteiger charge is 2.19. The molecule has 0 saturated carbocycles. The summed E-state index contributed by atoms with van der Waals surface area (Å²) in [6.45, 7) is 5.67. The molecule has 27 heavy (non-hydrogen) atoms. The number of hydrogen-bond acceptors (Lipinski definition) is 5. The number of thioether (sulfide) groups is 1. The Labute approximate surface area is 163 Å². The number of carbonyl (C=O) groups is 2. The van der Waals surface area contributed by atoms with Gasteiger partial charge in [0.15, 0.2) is 0 Å². The highest BCUT2D eigenvalue weighted by molar-refractivity contribution is 7.98. The zero-order valence-electron chi connectivity index (χ0n) is 16.2. The molecule has 1 unspecified atom stereocenters. The number of benzene rings is 1. The molecule has 1 aromatic heterocycles.